The predicted octanol–water partition coefficient (Wildman–Crippen LogP) is 5.97. The van der Waals surface area contributed by atoms with Gasteiger partial charge in [-0.25, -0.2) is 8.42 Å². The average molecular weight is 625 g/mol. The van der Waals surface area contributed by atoms with Gasteiger partial charge in [-0.2, -0.15) is 0 Å². The molecule has 1 atom stereocenters. The van der Waals surface area contributed by atoms with Crippen LogP contribution in [0.2, 0.25) is 15.1 Å². The van der Waals surface area contributed by atoms with E-state index in [1.54, 1.807) is 23.1 Å². The third-order valence-corrected chi connectivity index (χ3v) is 8.20. The Morgan fingerprint density at radius 3 is 2.17 bits per heavy atom. The normalized spacial score (nSPS) is 12.0. The average Bonchev–Trinajstić information content (AvgIpc) is 2.91. The number of likely N-dealkylation sites (N-methyl/N-ethyl adjacent to an activating group) is 1. The molecule has 3 aromatic rings. The first kappa shape index (κ1) is 31.7. The molecule has 0 radical (unpaired) electrons. The van der Waals surface area contributed by atoms with Gasteiger partial charge >= 0.3 is 0 Å². The molecular formula is C29H32Cl3N3O4S. The highest BCUT2D eigenvalue weighted by Crippen LogP contribution is 2.31. The first-order chi connectivity index (χ1) is 19.0. The molecule has 0 heterocycles. The SMILES string of the molecule is CCNC(=O)[C@H](Cc1ccccc1)N(Cc1ccc(Cl)cc1)C(=O)CCCN(c1cc(Cl)ccc1Cl)S(C)(=O)=O. The highest BCUT2D eigenvalue weighted by atomic mass is 35.5. The molecular weight excluding hydrogens is 593 g/mol. The third kappa shape index (κ3) is 9.13. The van der Waals surface area contributed by atoms with Gasteiger partial charge in [-0.05, 0) is 54.8 Å². The fraction of sp³-hybridized carbons (Fsp3) is 0.310. The van der Waals surface area contributed by atoms with Gasteiger partial charge in [0.2, 0.25) is 21.8 Å². The van der Waals surface area contributed by atoms with Crippen molar-refractivity contribution in [1.29, 1.82) is 0 Å². The van der Waals surface area contributed by atoms with E-state index in [0.29, 0.717) is 23.0 Å². The summed E-state index contributed by atoms with van der Waals surface area (Å²) in [5.74, 6) is -0.551. The van der Waals surface area contributed by atoms with Gasteiger partial charge in [0.25, 0.3) is 0 Å². The van der Waals surface area contributed by atoms with Crippen LogP contribution in [0.15, 0.2) is 72.8 Å². The zero-order chi connectivity index (χ0) is 29.3. The number of hydrogen-bond acceptors (Lipinski definition) is 4. The topological polar surface area (TPSA) is 86.8 Å². The second-order valence-electron chi connectivity index (χ2n) is 9.28. The summed E-state index contributed by atoms with van der Waals surface area (Å²) in [6.45, 7) is 2.42. The van der Waals surface area contributed by atoms with Crippen molar-refractivity contribution in [3.05, 3.63) is 99.0 Å². The third-order valence-electron chi connectivity index (χ3n) is 6.22. The van der Waals surface area contributed by atoms with Gasteiger partial charge in [-0.15, -0.1) is 0 Å². The number of anilines is 1. The smallest absolute Gasteiger partial charge is 0.243 e. The monoisotopic (exact) mass is 623 g/mol. The fourth-order valence-electron chi connectivity index (χ4n) is 4.29. The molecule has 214 valence electrons. The fourth-order valence-corrected chi connectivity index (χ4v) is 5.82. The van der Waals surface area contributed by atoms with Crippen LogP contribution in [-0.4, -0.2) is 50.5 Å². The Morgan fingerprint density at radius 1 is 0.900 bits per heavy atom. The molecule has 0 fully saturated rings. The van der Waals surface area contributed by atoms with Gasteiger partial charge in [-0.3, -0.25) is 13.9 Å². The molecule has 0 unspecified atom stereocenters. The summed E-state index contributed by atoms with van der Waals surface area (Å²) in [7, 11) is -3.72. The Kier molecular flexibility index (Phi) is 11.7. The van der Waals surface area contributed by atoms with E-state index in [9.17, 15) is 18.0 Å². The van der Waals surface area contributed by atoms with Crippen LogP contribution in [0.1, 0.15) is 30.9 Å². The lowest BCUT2D eigenvalue weighted by Crippen LogP contribution is -2.50. The molecule has 40 heavy (non-hydrogen) atoms. The maximum Gasteiger partial charge on any atom is 0.243 e. The van der Waals surface area contributed by atoms with E-state index in [4.69, 9.17) is 34.8 Å². The van der Waals surface area contributed by atoms with Crippen molar-refractivity contribution >= 4 is 62.3 Å². The number of amides is 2. The summed E-state index contributed by atoms with van der Waals surface area (Å²) in [6.07, 6.45) is 1.59. The molecule has 0 aliphatic heterocycles. The van der Waals surface area contributed by atoms with Crippen molar-refractivity contribution in [2.75, 3.05) is 23.7 Å². The maximum atomic E-state index is 13.7. The van der Waals surface area contributed by atoms with Crippen molar-refractivity contribution < 1.29 is 18.0 Å². The largest absolute Gasteiger partial charge is 0.355 e. The number of carbonyl (C=O) groups excluding carboxylic acids is 2. The standard InChI is InChI=1S/C29H32Cl3N3O4S/c1-3-33-29(37)27(18-21-8-5-4-6-9-21)34(20-22-11-13-23(30)14-12-22)28(36)10-7-17-35(40(2,38)39)26-19-24(31)15-16-25(26)32/h4-6,8-9,11-16,19,27H,3,7,10,17-18,20H2,1-2H3,(H,33,37)/t27-/m0/s1. The first-order valence-corrected chi connectivity index (χ1v) is 15.8. The van der Waals surface area contributed by atoms with E-state index in [1.165, 1.54) is 12.1 Å². The van der Waals surface area contributed by atoms with E-state index in [1.807, 2.05) is 49.4 Å². The van der Waals surface area contributed by atoms with Crippen LogP contribution in [0.4, 0.5) is 5.69 Å². The second kappa shape index (κ2) is 14.7. The van der Waals surface area contributed by atoms with Crippen LogP contribution in [-0.2, 0) is 32.6 Å². The Labute approximate surface area is 251 Å². The molecule has 3 aromatic carbocycles. The molecule has 11 heteroatoms. The zero-order valence-corrected chi connectivity index (χ0v) is 25.4. The number of hydrogen-bond donors (Lipinski definition) is 1. The van der Waals surface area contributed by atoms with Crippen molar-refractivity contribution in [1.82, 2.24) is 10.2 Å². The minimum absolute atomic E-state index is 0.00247. The number of benzene rings is 3. The van der Waals surface area contributed by atoms with Gasteiger partial charge in [0.15, 0.2) is 0 Å². The lowest BCUT2D eigenvalue weighted by Gasteiger charge is -2.32. The molecule has 0 aliphatic rings. The molecule has 0 spiro atoms. The van der Waals surface area contributed by atoms with Crippen molar-refractivity contribution in [3.63, 3.8) is 0 Å². The lowest BCUT2D eigenvalue weighted by atomic mass is 10.0. The highest BCUT2D eigenvalue weighted by Gasteiger charge is 2.30. The highest BCUT2D eigenvalue weighted by molar-refractivity contribution is 7.92. The molecule has 2 amide bonds. The molecule has 0 saturated carbocycles. The Balaban J connectivity index is 1.87. The van der Waals surface area contributed by atoms with Gasteiger partial charge in [0.05, 0.1) is 17.0 Å². The summed E-state index contributed by atoms with van der Waals surface area (Å²) in [4.78, 5) is 28.6. The number of rotatable bonds is 13. The number of nitrogens with zero attached hydrogens (tertiary/aromatic N) is 2. The predicted molar refractivity (Wildman–Crippen MR) is 163 cm³/mol. The van der Waals surface area contributed by atoms with Gasteiger partial charge in [0.1, 0.15) is 6.04 Å². The summed E-state index contributed by atoms with van der Waals surface area (Å²) < 4.78 is 26.4. The molecule has 0 bridgehead atoms. The van der Waals surface area contributed by atoms with Crippen LogP contribution >= 0.6 is 34.8 Å². The molecule has 0 aromatic heterocycles. The van der Waals surface area contributed by atoms with Gasteiger partial charge in [0, 0.05) is 42.5 Å². The Bertz CT molecular complexity index is 1400. The first-order valence-electron chi connectivity index (χ1n) is 12.8. The molecule has 0 saturated heterocycles. The van der Waals surface area contributed by atoms with Crippen molar-refractivity contribution in [2.24, 2.45) is 0 Å². The molecule has 3 rings (SSSR count). The number of nitrogens with one attached hydrogen (secondary N) is 1. The number of halogens is 3. The molecule has 0 aliphatic carbocycles. The van der Waals surface area contributed by atoms with Crippen LogP contribution in [0, 0.1) is 0 Å². The van der Waals surface area contributed by atoms with Crippen LogP contribution in [0.25, 0.3) is 0 Å². The molecule has 1 N–H and O–H groups in total. The Morgan fingerprint density at radius 2 is 1.55 bits per heavy atom. The maximum absolute atomic E-state index is 13.7. The summed E-state index contributed by atoms with van der Waals surface area (Å²) in [5.41, 5.74) is 1.96. The minimum atomic E-state index is -3.72. The minimum Gasteiger partial charge on any atom is -0.355 e. The van der Waals surface area contributed by atoms with Crippen LogP contribution < -0.4 is 9.62 Å². The van der Waals surface area contributed by atoms with E-state index in [0.717, 1.165) is 21.7 Å². The van der Waals surface area contributed by atoms with Crippen molar-refractivity contribution in [3.8, 4) is 0 Å². The van der Waals surface area contributed by atoms with Gasteiger partial charge in [-0.1, -0.05) is 77.3 Å². The lowest BCUT2D eigenvalue weighted by molar-refractivity contribution is -0.141. The zero-order valence-electron chi connectivity index (χ0n) is 22.3. The van der Waals surface area contributed by atoms with E-state index in [2.05, 4.69) is 5.32 Å². The van der Waals surface area contributed by atoms with Crippen molar-refractivity contribution in [2.45, 2.75) is 38.8 Å². The van der Waals surface area contributed by atoms with E-state index >= 15 is 0 Å². The summed E-state index contributed by atoms with van der Waals surface area (Å²) in [6, 6.07) is 20.4. The van der Waals surface area contributed by atoms with Crippen LogP contribution in [0.5, 0.6) is 0 Å². The second-order valence-corrected chi connectivity index (χ2v) is 12.5. The summed E-state index contributed by atoms with van der Waals surface area (Å²) >= 11 is 18.4. The number of carbonyl (C=O) groups is 2. The Hall–Kier alpha value is -2.78. The van der Waals surface area contributed by atoms with Gasteiger partial charge < -0.3 is 10.2 Å². The van der Waals surface area contributed by atoms with E-state index < -0.39 is 16.1 Å². The van der Waals surface area contributed by atoms with E-state index in [-0.39, 0.29) is 48.5 Å². The number of sulfonamides is 1. The van der Waals surface area contributed by atoms with Crippen LogP contribution in [0.3, 0.4) is 0 Å². The summed E-state index contributed by atoms with van der Waals surface area (Å²) in [5, 5.41) is 3.98. The molecule has 7 nitrogen and oxygen atoms in total. The quantitative estimate of drug-likeness (QED) is 0.254.